The number of hydrogen-bond acceptors (Lipinski definition) is 4. The molecule has 0 saturated heterocycles. The van der Waals surface area contributed by atoms with Gasteiger partial charge in [0.1, 0.15) is 12.1 Å². The zero-order valence-electron chi connectivity index (χ0n) is 8.80. The van der Waals surface area contributed by atoms with E-state index in [2.05, 4.69) is 26.0 Å². The average molecular weight is 293 g/mol. The van der Waals surface area contributed by atoms with Crippen LogP contribution in [0.25, 0.3) is 11.1 Å². The van der Waals surface area contributed by atoms with E-state index < -0.39 is 0 Å². The van der Waals surface area contributed by atoms with E-state index in [1.807, 2.05) is 12.3 Å². The van der Waals surface area contributed by atoms with Crippen LogP contribution in [0.15, 0.2) is 39.5 Å². The molecule has 1 aromatic carbocycles. The van der Waals surface area contributed by atoms with Crippen molar-refractivity contribution in [1.82, 2.24) is 14.8 Å². The topological polar surface area (TPSA) is 69.9 Å². The van der Waals surface area contributed by atoms with Crippen LogP contribution in [0.2, 0.25) is 0 Å². The second kappa shape index (κ2) is 3.89. The summed E-state index contributed by atoms with van der Waals surface area (Å²) in [4.78, 5) is 4.36. The molecule has 0 saturated carbocycles. The molecule has 2 heterocycles. The molecule has 0 atom stereocenters. The van der Waals surface area contributed by atoms with Crippen molar-refractivity contribution >= 4 is 32.7 Å². The average Bonchev–Trinajstić information content (AvgIpc) is 2.84. The molecule has 86 valence electrons. The van der Waals surface area contributed by atoms with Crippen LogP contribution in [0.4, 0.5) is 5.69 Å². The first-order valence-corrected chi connectivity index (χ1v) is 5.83. The van der Waals surface area contributed by atoms with Crippen LogP contribution in [0.1, 0.15) is 5.89 Å². The number of hydrogen-bond donors (Lipinski definition) is 1. The van der Waals surface area contributed by atoms with Gasteiger partial charge in [0, 0.05) is 18.0 Å². The quantitative estimate of drug-likeness (QED) is 0.737. The van der Waals surface area contributed by atoms with Gasteiger partial charge in [-0.25, -0.2) is 4.98 Å². The van der Waals surface area contributed by atoms with Crippen LogP contribution in [-0.4, -0.2) is 14.8 Å². The molecule has 0 aliphatic carbocycles. The zero-order valence-corrected chi connectivity index (χ0v) is 10.4. The third kappa shape index (κ3) is 2.03. The smallest absolute Gasteiger partial charge is 0.217 e. The summed E-state index contributed by atoms with van der Waals surface area (Å²) in [5.74, 6) is 0.612. The van der Waals surface area contributed by atoms with E-state index in [1.165, 1.54) is 0 Å². The van der Waals surface area contributed by atoms with E-state index in [9.17, 15) is 0 Å². The van der Waals surface area contributed by atoms with Crippen LogP contribution in [0.3, 0.4) is 0 Å². The van der Waals surface area contributed by atoms with Crippen molar-refractivity contribution in [2.24, 2.45) is 0 Å². The third-order valence-corrected chi connectivity index (χ3v) is 2.77. The highest BCUT2D eigenvalue weighted by Crippen LogP contribution is 2.19. The maximum Gasteiger partial charge on any atom is 0.217 e. The van der Waals surface area contributed by atoms with Crippen LogP contribution >= 0.6 is 15.9 Å². The second-order valence-corrected chi connectivity index (χ2v) is 4.61. The van der Waals surface area contributed by atoms with E-state index in [4.69, 9.17) is 10.2 Å². The molecule has 17 heavy (non-hydrogen) atoms. The Kier molecular flexibility index (Phi) is 2.36. The molecule has 0 unspecified atom stereocenters. The molecule has 3 rings (SSSR count). The predicted octanol–water partition coefficient (Wildman–Crippen LogP) is 2.42. The summed E-state index contributed by atoms with van der Waals surface area (Å²) >= 11 is 3.34. The number of aromatic nitrogens is 3. The molecule has 0 spiro atoms. The maximum atomic E-state index is 5.68. The number of nitrogens with zero attached hydrogens (tertiary/aromatic N) is 3. The van der Waals surface area contributed by atoms with E-state index >= 15 is 0 Å². The van der Waals surface area contributed by atoms with Crippen LogP contribution in [-0.2, 0) is 6.54 Å². The summed E-state index contributed by atoms with van der Waals surface area (Å²) in [5, 5.41) is 4.14. The fourth-order valence-corrected chi connectivity index (χ4v) is 1.95. The Hall–Kier alpha value is -1.82. The van der Waals surface area contributed by atoms with Crippen LogP contribution in [0, 0.1) is 0 Å². The largest absolute Gasteiger partial charge is 0.439 e. The Morgan fingerprint density at radius 3 is 3.06 bits per heavy atom. The highest BCUT2D eigenvalue weighted by Gasteiger charge is 2.07. The molecular weight excluding hydrogens is 284 g/mol. The summed E-state index contributed by atoms with van der Waals surface area (Å²) in [6, 6.07) is 5.42. The molecular formula is C11H9BrN4O. The Balaban J connectivity index is 1.95. The number of nitrogen functional groups attached to an aromatic ring is 1. The lowest BCUT2D eigenvalue weighted by Crippen LogP contribution is -1.99. The van der Waals surface area contributed by atoms with Gasteiger partial charge in [-0.05, 0) is 28.1 Å². The second-order valence-electron chi connectivity index (χ2n) is 3.69. The lowest BCUT2D eigenvalue weighted by molar-refractivity contribution is 0.491. The van der Waals surface area contributed by atoms with Gasteiger partial charge in [0.2, 0.25) is 5.89 Å². The summed E-state index contributed by atoms with van der Waals surface area (Å²) in [7, 11) is 0. The fraction of sp³-hybridized carbons (Fsp3) is 0.0909. The van der Waals surface area contributed by atoms with E-state index in [-0.39, 0.29) is 0 Å². The number of oxazole rings is 1. The van der Waals surface area contributed by atoms with Crippen molar-refractivity contribution in [3.05, 3.63) is 41.0 Å². The van der Waals surface area contributed by atoms with Gasteiger partial charge < -0.3 is 10.2 Å². The van der Waals surface area contributed by atoms with E-state index in [1.54, 1.807) is 23.0 Å². The van der Waals surface area contributed by atoms with E-state index in [0.717, 1.165) is 9.99 Å². The van der Waals surface area contributed by atoms with Crippen molar-refractivity contribution in [3.63, 3.8) is 0 Å². The van der Waals surface area contributed by atoms with Crippen molar-refractivity contribution in [1.29, 1.82) is 0 Å². The Morgan fingerprint density at radius 2 is 2.29 bits per heavy atom. The maximum absolute atomic E-state index is 5.68. The first-order chi connectivity index (χ1) is 8.20. The summed E-state index contributed by atoms with van der Waals surface area (Å²) in [5.41, 5.74) is 7.85. The van der Waals surface area contributed by atoms with E-state index in [0.29, 0.717) is 23.7 Å². The van der Waals surface area contributed by atoms with Gasteiger partial charge in [0.15, 0.2) is 5.58 Å². The monoisotopic (exact) mass is 292 g/mol. The molecule has 3 aromatic rings. The Morgan fingerprint density at radius 1 is 1.41 bits per heavy atom. The van der Waals surface area contributed by atoms with Crippen molar-refractivity contribution in [2.75, 3.05) is 5.73 Å². The predicted molar refractivity (Wildman–Crippen MR) is 67.5 cm³/mol. The van der Waals surface area contributed by atoms with Gasteiger partial charge in [-0.3, -0.25) is 4.68 Å². The summed E-state index contributed by atoms with van der Waals surface area (Å²) in [6.45, 7) is 0.500. The van der Waals surface area contributed by atoms with Crippen LogP contribution in [0.5, 0.6) is 0 Å². The highest BCUT2D eigenvalue weighted by molar-refractivity contribution is 9.10. The number of fused-ring (bicyclic) bond motifs is 1. The summed E-state index contributed by atoms with van der Waals surface area (Å²) < 4.78 is 8.27. The Bertz CT molecular complexity index is 673. The van der Waals surface area contributed by atoms with Crippen molar-refractivity contribution < 1.29 is 4.42 Å². The van der Waals surface area contributed by atoms with Crippen LogP contribution < -0.4 is 5.73 Å². The number of benzene rings is 1. The zero-order chi connectivity index (χ0) is 11.8. The standard InChI is InChI=1S/C11H9BrN4O/c12-7-4-14-16(5-7)6-11-15-9-2-1-8(13)3-10(9)17-11/h1-5H,6,13H2. The van der Waals surface area contributed by atoms with Gasteiger partial charge in [-0.15, -0.1) is 0 Å². The number of anilines is 1. The molecule has 0 aliphatic heterocycles. The normalized spacial score (nSPS) is 11.1. The minimum absolute atomic E-state index is 0.500. The van der Waals surface area contributed by atoms with Crippen molar-refractivity contribution in [3.8, 4) is 0 Å². The molecule has 0 aliphatic rings. The number of halogens is 1. The third-order valence-electron chi connectivity index (χ3n) is 2.36. The molecule has 5 nitrogen and oxygen atoms in total. The molecule has 0 radical (unpaired) electrons. The Labute approximate surface area is 105 Å². The number of rotatable bonds is 2. The minimum Gasteiger partial charge on any atom is -0.439 e. The first-order valence-electron chi connectivity index (χ1n) is 5.03. The summed E-state index contributed by atoms with van der Waals surface area (Å²) in [6.07, 6.45) is 3.59. The molecule has 2 aromatic heterocycles. The molecule has 0 bridgehead atoms. The SMILES string of the molecule is Nc1ccc2nc(Cn3cc(Br)cn3)oc2c1. The first kappa shape index (κ1) is 10.3. The lowest BCUT2D eigenvalue weighted by Gasteiger charge is -1.94. The molecule has 0 amide bonds. The van der Waals surface area contributed by atoms with Gasteiger partial charge in [0.05, 0.1) is 10.7 Å². The molecule has 0 fully saturated rings. The van der Waals surface area contributed by atoms with Gasteiger partial charge in [-0.2, -0.15) is 5.10 Å². The van der Waals surface area contributed by atoms with Crippen molar-refractivity contribution in [2.45, 2.75) is 6.54 Å². The highest BCUT2D eigenvalue weighted by atomic mass is 79.9. The van der Waals surface area contributed by atoms with Gasteiger partial charge >= 0.3 is 0 Å². The van der Waals surface area contributed by atoms with Gasteiger partial charge in [0.25, 0.3) is 0 Å². The lowest BCUT2D eigenvalue weighted by atomic mass is 10.3. The fourth-order valence-electron chi connectivity index (χ4n) is 1.62. The van der Waals surface area contributed by atoms with Gasteiger partial charge in [-0.1, -0.05) is 0 Å². The minimum atomic E-state index is 0.500. The molecule has 6 heteroatoms. The number of nitrogens with two attached hydrogens (primary N) is 1. The molecule has 2 N–H and O–H groups in total.